The van der Waals surface area contributed by atoms with Crippen molar-refractivity contribution in [1.29, 1.82) is 0 Å². The maximum Gasteiger partial charge on any atom is 0.225 e. The highest BCUT2D eigenvalue weighted by Gasteiger charge is 2.26. The molecule has 0 spiro atoms. The number of amides is 1. The van der Waals surface area contributed by atoms with Gasteiger partial charge in [0.15, 0.2) is 0 Å². The van der Waals surface area contributed by atoms with Crippen LogP contribution < -0.4 is 5.32 Å². The van der Waals surface area contributed by atoms with Gasteiger partial charge in [-0.3, -0.25) is 9.36 Å². The van der Waals surface area contributed by atoms with E-state index >= 15 is 0 Å². The molecule has 0 aliphatic carbocycles. The van der Waals surface area contributed by atoms with E-state index in [1.807, 2.05) is 24.5 Å². The number of rotatable bonds is 7. The van der Waals surface area contributed by atoms with Crippen molar-refractivity contribution in [3.8, 4) is 5.69 Å². The molecule has 2 heterocycles. The van der Waals surface area contributed by atoms with E-state index in [1.54, 1.807) is 0 Å². The number of benzene rings is 2. The number of imidazole rings is 1. The van der Waals surface area contributed by atoms with E-state index < -0.39 is 0 Å². The fourth-order valence-electron chi connectivity index (χ4n) is 4.40. The largest absolute Gasteiger partial charge is 0.342 e. The minimum atomic E-state index is 0.195. The zero-order valence-corrected chi connectivity index (χ0v) is 18.1. The lowest BCUT2D eigenvalue weighted by Gasteiger charge is -2.34. The van der Waals surface area contributed by atoms with Crippen molar-refractivity contribution >= 4 is 16.9 Å². The summed E-state index contributed by atoms with van der Waals surface area (Å²) in [5, 5.41) is 3.68. The highest BCUT2D eigenvalue weighted by molar-refractivity contribution is 5.79. The second-order valence-corrected chi connectivity index (χ2v) is 8.26. The average Bonchev–Trinajstić information content (AvgIpc) is 3.23. The van der Waals surface area contributed by atoms with E-state index in [0.717, 1.165) is 62.0 Å². The molecule has 1 aromatic heterocycles. The topological polar surface area (TPSA) is 50.2 Å². The summed E-state index contributed by atoms with van der Waals surface area (Å²) in [5.41, 5.74) is 4.54. The zero-order chi connectivity index (χ0) is 20.9. The standard InChI is InChI=1S/C25H32N4O/c1-3-20(4-2)25(30)28-15-13-21(14-16-28)26-17-19-9-11-22(12-10-19)29-18-27-23-7-5-6-8-24(23)29/h5-12,18,20-21,26H,3-4,13-17H2,1-2H3. The highest BCUT2D eigenvalue weighted by atomic mass is 16.2. The molecule has 30 heavy (non-hydrogen) atoms. The molecule has 1 saturated heterocycles. The number of piperidine rings is 1. The molecule has 3 aromatic rings. The Kier molecular flexibility index (Phi) is 6.48. The molecule has 0 bridgehead atoms. The molecule has 5 nitrogen and oxygen atoms in total. The van der Waals surface area contributed by atoms with Gasteiger partial charge in [-0.25, -0.2) is 4.98 Å². The maximum absolute atomic E-state index is 12.6. The predicted molar refractivity (Wildman–Crippen MR) is 122 cm³/mol. The Balaban J connectivity index is 1.30. The summed E-state index contributed by atoms with van der Waals surface area (Å²) < 4.78 is 2.12. The molecule has 0 unspecified atom stereocenters. The Hall–Kier alpha value is -2.66. The third-order valence-corrected chi connectivity index (χ3v) is 6.40. The van der Waals surface area contributed by atoms with E-state index in [-0.39, 0.29) is 5.92 Å². The maximum atomic E-state index is 12.6. The Morgan fingerprint density at radius 2 is 1.77 bits per heavy atom. The summed E-state index contributed by atoms with van der Waals surface area (Å²) in [6.07, 6.45) is 5.83. The molecule has 0 radical (unpaired) electrons. The van der Waals surface area contributed by atoms with Gasteiger partial charge in [0.2, 0.25) is 5.91 Å². The molecular weight excluding hydrogens is 372 g/mol. The Labute approximate surface area is 179 Å². The van der Waals surface area contributed by atoms with Gasteiger partial charge in [-0.1, -0.05) is 38.1 Å². The van der Waals surface area contributed by atoms with Gasteiger partial charge >= 0.3 is 0 Å². The van der Waals surface area contributed by atoms with Crippen molar-refractivity contribution in [2.45, 2.75) is 52.1 Å². The van der Waals surface area contributed by atoms with Crippen LogP contribution in [0.3, 0.4) is 0 Å². The van der Waals surface area contributed by atoms with Crippen LogP contribution in [0.25, 0.3) is 16.7 Å². The zero-order valence-electron chi connectivity index (χ0n) is 18.1. The van der Waals surface area contributed by atoms with Gasteiger partial charge < -0.3 is 10.2 Å². The van der Waals surface area contributed by atoms with Gasteiger partial charge in [-0.15, -0.1) is 0 Å². The normalized spacial score (nSPS) is 15.2. The van der Waals surface area contributed by atoms with Crippen LogP contribution in [-0.2, 0) is 11.3 Å². The summed E-state index contributed by atoms with van der Waals surface area (Å²) >= 11 is 0. The van der Waals surface area contributed by atoms with Crippen LogP contribution in [0.15, 0.2) is 54.9 Å². The van der Waals surface area contributed by atoms with Crippen molar-refractivity contribution in [2.24, 2.45) is 5.92 Å². The first-order valence-corrected chi connectivity index (χ1v) is 11.2. The number of likely N-dealkylation sites (tertiary alicyclic amines) is 1. The molecule has 4 rings (SSSR count). The molecule has 1 aliphatic rings. The third-order valence-electron chi connectivity index (χ3n) is 6.40. The van der Waals surface area contributed by atoms with E-state index in [2.05, 4.69) is 63.9 Å². The van der Waals surface area contributed by atoms with Gasteiger partial charge in [0.1, 0.15) is 6.33 Å². The lowest BCUT2D eigenvalue weighted by molar-refractivity contribution is -0.136. The summed E-state index contributed by atoms with van der Waals surface area (Å²) in [7, 11) is 0. The molecule has 1 N–H and O–H groups in total. The minimum Gasteiger partial charge on any atom is -0.342 e. The second kappa shape index (κ2) is 9.43. The van der Waals surface area contributed by atoms with Gasteiger partial charge in [-0.2, -0.15) is 0 Å². The third kappa shape index (κ3) is 4.41. The van der Waals surface area contributed by atoms with Crippen molar-refractivity contribution in [2.75, 3.05) is 13.1 Å². The second-order valence-electron chi connectivity index (χ2n) is 8.26. The molecule has 1 fully saturated rings. The van der Waals surface area contributed by atoms with E-state index in [1.165, 1.54) is 5.56 Å². The van der Waals surface area contributed by atoms with E-state index in [4.69, 9.17) is 0 Å². The lowest BCUT2D eigenvalue weighted by atomic mass is 9.98. The summed E-state index contributed by atoms with van der Waals surface area (Å²) in [6.45, 7) is 6.83. The lowest BCUT2D eigenvalue weighted by Crippen LogP contribution is -2.46. The van der Waals surface area contributed by atoms with Crippen LogP contribution in [0, 0.1) is 5.92 Å². The first-order valence-electron chi connectivity index (χ1n) is 11.2. The Morgan fingerprint density at radius 1 is 1.07 bits per heavy atom. The fourth-order valence-corrected chi connectivity index (χ4v) is 4.40. The Bertz CT molecular complexity index is 966. The first-order chi connectivity index (χ1) is 14.7. The van der Waals surface area contributed by atoms with Crippen molar-refractivity contribution in [3.63, 3.8) is 0 Å². The number of hydrogen-bond acceptors (Lipinski definition) is 3. The quantitative estimate of drug-likeness (QED) is 0.629. The minimum absolute atomic E-state index is 0.195. The van der Waals surface area contributed by atoms with Gasteiger partial charge in [0.25, 0.3) is 0 Å². The van der Waals surface area contributed by atoms with Crippen LogP contribution in [0.2, 0.25) is 0 Å². The summed E-state index contributed by atoms with van der Waals surface area (Å²) in [5.74, 6) is 0.543. The van der Waals surface area contributed by atoms with Gasteiger partial charge in [-0.05, 0) is 55.5 Å². The van der Waals surface area contributed by atoms with Crippen LogP contribution >= 0.6 is 0 Å². The molecule has 1 aliphatic heterocycles. The van der Waals surface area contributed by atoms with E-state index in [0.29, 0.717) is 11.9 Å². The van der Waals surface area contributed by atoms with Crippen molar-refractivity contribution < 1.29 is 4.79 Å². The molecule has 0 atom stereocenters. The van der Waals surface area contributed by atoms with E-state index in [9.17, 15) is 4.79 Å². The van der Waals surface area contributed by atoms with Crippen LogP contribution in [0.4, 0.5) is 0 Å². The van der Waals surface area contributed by atoms with Crippen molar-refractivity contribution in [1.82, 2.24) is 19.8 Å². The number of para-hydroxylation sites is 2. The van der Waals surface area contributed by atoms with Crippen LogP contribution in [0.1, 0.15) is 45.1 Å². The molecule has 1 amide bonds. The number of hydrogen-bond donors (Lipinski definition) is 1. The summed E-state index contributed by atoms with van der Waals surface area (Å²) in [4.78, 5) is 19.1. The molecule has 5 heteroatoms. The predicted octanol–water partition coefficient (Wildman–Crippen LogP) is 4.54. The number of carbonyl (C=O) groups excluding carboxylic acids is 1. The summed E-state index contributed by atoms with van der Waals surface area (Å²) in [6, 6.07) is 17.3. The number of nitrogens with one attached hydrogen (secondary N) is 1. The van der Waals surface area contributed by atoms with Gasteiger partial charge in [0, 0.05) is 37.3 Å². The van der Waals surface area contributed by atoms with Crippen LogP contribution in [0.5, 0.6) is 0 Å². The number of aromatic nitrogens is 2. The fraction of sp³-hybridized carbons (Fsp3) is 0.440. The monoisotopic (exact) mass is 404 g/mol. The molecule has 158 valence electrons. The smallest absolute Gasteiger partial charge is 0.225 e. The molecular formula is C25H32N4O. The Morgan fingerprint density at radius 3 is 2.47 bits per heavy atom. The SMILES string of the molecule is CCC(CC)C(=O)N1CCC(NCc2ccc(-n3cnc4ccccc43)cc2)CC1. The molecule has 2 aromatic carbocycles. The average molecular weight is 405 g/mol. The highest BCUT2D eigenvalue weighted by Crippen LogP contribution is 2.20. The van der Waals surface area contributed by atoms with Gasteiger partial charge in [0.05, 0.1) is 11.0 Å². The van der Waals surface area contributed by atoms with Crippen molar-refractivity contribution in [3.05, 3.63) is 60.4 Å². The number of carbonyl (C=O) groups is 1. The number of nitrogens with zero attached hydrogens (tertiary/aromatic N) is 3. The van der Waals surface area contributed by atoms with Crippen LogP contribution in [-0.4, -0.2) is 39.5 Å². The number of fused-ring (bicyclic) bond motifs is 1. The first kappa shape index (κ1) is 20.6. The molecule has 0 saturated carbocycles.